The highest BCUT2D eigenvalue weighted by Crippen LogP contribution is 2.43. The summed E-state index contributed by atoms with van der Waals surface area (Å²) in [5.41, 5.74) is 6.14. The molecule has 2 saturated heterocycles. The van der Waals surface area contributed by atoms with Crippen LogP contribution in [0.25, 0.3) is 0 Å². The Morgan fingerprint density at radius 1 is 1.24 bits per heavy atom. The molecule has 0 aromatic heterocycles. The molecule has 1 aromatic carbocycles. The lowest BCUT2D eigenvalue weighted by atomic mass is 9.77. The van der Waals surface area contributed by atoms with E-state index in [2.05, 4.69) is 0 Å². The number of ether oxygens (including phenoxy) is 1. The van der Waals surface area contributed by atoms with E-state index >= 15 is 0 Å². The van der Waals surface area contributed by atoms with Gasteiger partial charge in [-0.25, -0.2) is 8.78 Å². The molecule has 0 aliphatic carbocycles. The van der Waals surface area contributed by atoms with Crippen molar-refractivity contribution in [1.29, 1.82) is 0 Å². The molecule has 5 heteroatoms. The maximum Gasteiger partial charge on any atom is 0.130 e. The van der Waals surface area contributed by atoms with Gasteiger partial charge in [0.05, 0.1) is 5.60 Å². The maximum atomic E-state index is 13.9. The number of benzene rings is 1. The molecule has 0 radical (unpaired) electrons. The minimum atomic E-state index is -0.596. The number of rotatable bonds is 2. The minimum absolute atomic E-state index is 0.0322. The van der Waals surface area contributed by atoms with E-state index in [1.165, 1.54) is 18.2 Å². The van der Waals surface area contributed by atoms with Crippen molar-refractivity contribution in [3.63, 3.8) is 0 Å². The predicted molar refractivity (Wildman–Crippen MR) is 81.3 cm³/mol. The highest BCUT2D eigenvalue weighted by molar-refractivity contribution is 7.99. The van der Waals surface area contributed by atoms with Crippen molar-refractivity contribution < 1.29 is 13.5 Å². The van der Waals surface area contributed by atoms with Crippen molar-refractivity contribution in [2.75, 3.05) is 18.1 Å². The van der Waals surface area contributed by atoms with E-state index in [1.54, 1.807) is 0 Å². The van der Waals surface area contributed by atoms with Gasteiger partial charge in [0.15, 0.2) is 0 Å². The van der Waals surface area contributed by atoms with Gasteiger partial charge in [-0.15, -0.1) is 0 Å². The van der Waals surface area contributed by atoms with Crippen LogP contribution in [-0.2, 0) is 4.74 Å². The molecule has 116 valence electrons. The Morgan fingerprint density at radius 2 is 1.90 bits per heavy atom. The molecule has 2 aliphatic rings. The second kappa shape index (κ2) is 6.23. The molecule has 2 nitrogen and oxygen atoms in total. The Morgan fingerprint density at radius 3 is 2.57 bits per heavy atom. The van der Waals surface area contributed by atoms with Crippen LogP contribution in [0.1, 0.15) is 37.3 Å². The summed E-state index contributed by atoms with van der Waals surface area (Å²) in [7, 11) is 0. The van der Waals surface area contributed by atoms with E-state index in [0.717, 1.165) is 37.2 Å². The van der Waals surface area contributed by atoms with Gasteiger partial charge in [-0.05, 0) is 55.2 Å². The van der Waals surface area contributed by atoms with Gasteiger partial charge >= 0.3 is 0 Å². The molecule has 2 N–H and O–H groups in total. The van der Waals surface area contributed by atoms with E-state index in [-0.39, 0.29) is 17.1 Å². The largest absolute Gasteiger partial charge is 0.375 e. The number of hydrogen-bond donors (Lipinski definition) is 1. The number of hydrogen-bond acceptors (Lipinski definition) is 3. The lowest BCUT2D eigenvalue weighted by Gasteiger charge is -2.44. The van der Waals surface area contributed by atoms with Gasteiger partial charge in [0.25, 0.3) is 0 Å². The highest BCUT2D eigenvalue weighted by atomic mass is 32.2. The number of halogens is 2. The van der Waals surface area contributed by atoms with E-state index < -0.39 is 17.7 Å². The van der Waals surface area contributed by atoms with Gasteiger partial charge in [-0.1, -0.05) is 6.07 Å². The third kappa shape index (κ3) is 3.10. The normalized spacial score (nSPS) is 26.7. The van der Waals surface area contributed by atoms with Crippen molar-refractivity contribution in [3.05, 3.63) is 35.4 Å². The summed E-state index contributed by atoms with van der Waals surface area (Å²) in [5.74, 6) is 1.18. The second-order valence-corrected chi connectivity index (χ2v) is 7.28. The van der Waals surface area contributed by atoms with Gasteiger partial charge in [0.1, 0.15) is 11.6 Å². The summed E-state index contributed by atoms with van der Waals surface area (Å²) in [6.07, 6.45) is 3.60. The Kier molecular flexibility index (Phi) is 4.52. The monoisotopic (exact) mass is 313 g/mol. The van der Waals surface area contributed by atoms with Crippen LogP contribution in [0, 0.1) is 17.6 Å². The molecule has 0 bridgehead atoms. The predicted octanol–water partition coefficient (Wildman–Crippen LogP) is 3.66. The third-order valence-corrected chi connectivity index (χ3v) is 5.76. The van der Waals surface area contributed by atoms with Gasteiger partial charge in [0, 0.05) is 18.2 Å². The zero-order valence-electron chi connectivity index (χ0n) is 12.0. The van der Waals surface area contributed by atoms with E-state index in [4.69, 9.17) is 10.5 Å². The molecule has 1 aromatic rings. The summed E-state index contributed by atoms with van der Waals surface area (Å²) in [6.45, 7) is 0.638. The fraction of sp³-hybridized carbons (Fsp3) is 0.625. The van der Waals surface area contributed by atoms with Gasteiger partial charge in [-0.3, -0.25) is 0 Å². The Bertz CT molecular complexity index is 479. The van der Waals surface area contributed by atoms with Crippen LogP contribution >= 0.6 is 11.8 Å². The minimum Gasteiger partial charge on any atom is -0.375 e. The first-order chi connectivity index (χ1) is 10.1. The van der Waals surface area contributed by atoms with Gasteiger partial charge in [-0.2, -0.15) is 11.8 Å². The topological polar surface area (TPSA) is 35.2 Å². The lowest BCUT2D eigenvalue weighted by Crippen LogP contribution is -2.45. The number of nitrogens with two attached hydrogens (primary N) is 1. The SMILES string of the molecule is NC(c1c(F)cccc1F)C1CCOC2(CCSCC2)C1. The Balaban J connectivity index is 1.79. The van der Waals surface area contributed by atoms with Crippen LogP contribution in [0.15, 0.2) is 18.2 Å². The molecule has 2 unspecified atom stereocenters. The molecule has 1 spiro atoms. The molecule has 2 heterocycles. The number of thioether (sulfide) groups is 1. The molecule has 0 amide bonds. The smallest absolute Gasteiger partial charge is 0.130 e. The summed E-state index contributed by atoms with van der Waals surface area (Å²) < 4.78 is 33.9. The maximum absolute atomic E-state index is 13.9. The highest BCUT2D eigenvalue weighted by Gasteiger charge is 2.41. The zero-order chi connectivity index (χ0) is 14.9. The Labute approximate surface area is 128 Å². The molecule has 0 saturated carbocycles. The third-order valence-electron chi connectivity index (χ3n) is 4.78. The molecular weight excluding hydrogens is 292 g/mol. The van der Waals surface area contributed by atoms with E-state index in [9.17, 15) is 8.78 Å². The molecule has 3 rings (SSSR count). The van der Waals surface area contributed by atoms with Crippen LogP contribution < -0.4 is 5.73 Å². The fourth-order valence-electron chi connectivity index (χ4n) is 3.53. The van der Waals surface area contributed by atoms with Crippen LogP contribution in [-0.4, -0.2) is 23.7 Å². The van der Waals surface area contributed by atoms with Crippen molar-refractivity contribution >= 4 is 11.8 Å². The second-order valence-electron chi connectivity index (χ2n) is 6.06. The van der Waals surface area contributed by atoms with Crippen molar-refractivity contribution in [1.82, 2.24) is 0 Å². The standard InChI is InChI=1S/C16H21F2NOS/c17-12-2-1-3-13(18)14(12)15(19)11-4-7-20-16(10-11)5-8-21-9-6-16/h1-3,11,15H,4-10,19H2. The van der Waals surface area contributed by atoms with Crippen molar-refractivity contribution in [3.8, 4) is 0 Å². The van der Waals surface area contributed by atoms with Crippen LogP contribution in [0.4, 0.5) is 8.78 Å². The first kappa shape index (κ1) is 15.3. The average Bonchev–Trinajstić information content (AvgIpc) is 2.48. The van der Waals surface area contributed by atoms with Crippen molar-refractivity contribution in [2.45, 2.75) is 37.3 Å². The van der Waals surface area contributed by atoms with Crippen LogP contribution in [0.2, 0.25) is 0 Å². The zero-order valence-corrected chi connectivity index (χ0v) is 12.8. The van der Waals surface area contributed by atoms with Gasteiger partial charge < -0.3 is 10.5 Å². The van der Waals surface area contributed by atoms with Crippen LogP contribution in [0.3, 0.4) is 0 Å². The molecular formula is C16H21F2NOS. The first-order valence-electron chi connectivity index (χ1n) is 7.52. The summed E-state index contributed by atoms with van der Waals surface area (Å²) in [5, 5.41) is 0. The average molecular weight is 313 g/mol. The van der Waals surface area contributed by atoms with Crippen molar-refractivity contribution in [2.24, 2.45) is 11.7 Å². The fourth-order valence-corrected chi connectivity index (χ4v) is 4.77. The Hall–Kier alpha value is -0.650. The molecule has 2 fully saturated rings. The summed E-state index contributed by atoms with van der Waals surface area (Å²) in [4.78, 5) is 0. The summed E-state index contributed by atoms with van der Waals surface area (Å²) in [6, 6.07) is 3.35. The van der Waals surface area contributed by atoms with Crippen LogP contribution in [0.5, 0.6) is 0 Å². The molecule has 21 heavy (non-hydrogen) atoms. The van der Waals surface area contributed by atoms with Gasteiger partial charge in [0.2, 0.25) is 0 Å². The first-order valence-corrected chi connectivity index (χ1v) is 8.68. The quantitative estimate of drug-likeness (QED) is 0.905. The molecule has 2 atom stereocenters. The lowest BCUT2D eigenvalue weighted by molar-refractivity contribution is -0.106. The van der Waals surface area contributed by atoms with E-state index in [0.29, 0.717) is 6.61 Å². The van der Waals surface area contributed by atoms with E-state index in [1.807, 2.05) is 11.8 Å². The molecule has 2 aliphatic heterocycles. The summed E-state index contributed by atoms with van der Waals surface area (Å²) >= 11 is 1.94.